The van der Waals surface area contributed by atoms with Crippen LogP contribution in [0, 0.1) is 0 Å². The number of hydrogen-bond acceptors (Lipinski definition) is 2. The number of aromatic nitrogens is 1. The van der Waals surface area contributed by atoms with Crippen molar-refractivity contribution in [2.75, 3.05) is 13.1 Å². The van der Waals surface area contributed by atoms with E-state index in [2.05, 4.69) is 20.9 Å². The fraction of sp³-hybridized carbons (Fsp3) is 0.400. The maximum Gasteiger partial charge on any atom is 0.255 e. The largest absolute Gasteiger partial charge is 0.337 e. The van der Waals surface area contributed by atoms with E-state index in [-0.39, 0.29) is 11.3 Å². The molecule has 1 amide bonds. The highest BCUT2D eigenvalue weighted by Crippen LogP contribution is 2.18. The molecule has 3 nitrogen and oxygen atoms in total. The number of rotatable bonds is 1. The molecule has 15 heavy (non-hydrogen) atoms. The van der Waals surface area contributed by atoms with Gasteiger partial charge in [-0.3, -0.25) is 9.78 Å². The zero-order valence-electron chi connectivity index (χ0n) is 7.99. The molecule has 80 valence electrons. The van der Waals surface area contributed by atoms with Crippen molar-refractivity contribution in [1.29, 1.82) is 0 Å². The molecule has 1 fully saturated rings. The van der Waals surface area contributed by atoms with Crippen molar-refractivity contribution in [2.24, 2.45) is 0 Å². The van der Waals surface area contributed by atoms with Gasteiger partial charge in [0.15, 0.2) is 0 Å². The molecule has 0 N–H and O–H groups in total. The van der Waals surface area contributed by atoms with Crippen LogP contribution in [0.1, 0.15) is 16.8 Å². The van der Waals surface area contributed by atoms with E-state index in [4.69, 9.17) is 11.6 Å². The van der Waals surface area contributed by atoms with Gasteiger partial charge in [0.2, 0.25) is 0 Å². The predicted molar refractivity (Wildman–Crippen MR) is 62.1 cm³/mol. The zero-order valence-corrected chi connectivity index (χ0v) is 10.3. The molecule has 1 aromatic rings. The van der Waals surface area contributed by atoms with Gasteiger partial charge in [-0.2, -0.15) is 0 Å². The second kappa shape index (κ2) is 4.49. The molecule has 1 atom stereocenters. The third kappa shape index (κ3) is 2.49. The number of hydrogen-bond donors (Lipinski definition) is 0. The molecule has 1 saturated heterocycles. The lowest BCUT2D eigenvalue weighted by Crippen LogP contribution is -2.28. The molecule has 2 rings (SSSR count). The fourth-order valence-electron chi connectivity index (χ4n) is 1.61. The summed E-state index contributed by atoms with van der Waals surface area (Å²) >= 11 is 9.24. The summed E-state index contributed by atoms with van der Waals surface area (Å²) in [5.41, 5.74) is 0.607. The zero-order chi connectivity index (χ0) is 10.8. The predicted octanol–water partition coefficient (Wildman–Crippen LogP) is 2.30. The van der Waals surface area contributed by atoms with Crippen LogP contribution in [0.15, 0.2) is 22.9 Å². The first-order valence-corrected chi connectivity index (χ1v) is 5.93. The molecule has 1 aromatic heterocycles. The normalized spacial score (nSPS) is 20.7. The number of carbonyl (C=O) groups excluding carboxylic acids is 1. The maximum atomic E-state index is 12.0. The standard InChI is InChI=1S/C10H10BrClN2O/c11-8-3-7(4-13-5-8)10(15)14-2-1-9(12)6-14/h3-5,9H,1-2,6H2. The van der Waals surface area contributed by atoms with Gasteiger partial charge in [-0.05, 0) is 28.4 Å². The number of amides is 1. The van der Waals surface area contributed by atoms with Crippen LogP contribution in [0.5, 0.6) is 0 Å². The first-order chi connectivity index (χ1) is 7.16. The molecular weight excluding hydrogens is 279 g/mol. The summed E-state index contributed by atoms with van der Waals surface area (Å²) in [6, 6.07) is 1.77. The quantitative estimate of drug-likeness (QED) is 0.743. The highest BCUT2D eigenvalue weighted by atomic mass is 79.9. The maximum absolute atomic E-state index is 12.0. The van der Waals surface area contributed by atoms with Crippen LogP contribution in [-0.4, -0.2) is 34.3 Å². The first-order valence-electron chi connectivity index (χ1n) is 4.70. The second-order valence-corrected chi connectivity index (χ2v) is 5.06. The number of pyridine rings is 1. The van der Waals surface area contributed by atoms with Gasteiger partial charge in [0.25, 0.3) is 5.91 Å². The summed E-state index contributed by atoms with van der Waals surface area (Å²) in [5.74, 6) is 0.00644. The Balaban J connectivity index is 2.14. The smallest absolute Gasteiger partial charge is 0.255 e. The molecule has 1 aliphatic rings. The number of alkyl halides is 1. The summed E-state index contributed by atoms with van der Waals surface area (Å²) in [7, 11) is 0. The van der Waals surface area contributed by atoms with Gasteiger partial charge < -0.3 is 4.90 Å². The monoisotopic (exact) mass is 288 g/mol. The SMILES string of the molecule is O=C(c1cncc(Br)c1)N1CCC(Cl)C1. The minimum atomic E-state index is 0.00644. The molecule has 0 bridgehead atoms. The van der Waals surface area contributed by atoms with E-state index in [1.165, 1.54) is 0 Å². The summed E-state index contributed by atoms with van der Waals surface area (Å²) in [4.78, 5) is 17.7. The van der Waals surface area contributed by atoms with Crippen molar-refractivity contribution in [3.05, 3.63) is 28.5 Å². The average molecular weight is 290 g/mol. The van der Waals surface area contributed by atoms with E-state index in [1.807, 2.05) is 0 Å². The van der Waals surface area contributed by atoms with Gasteiger partial charge in [0.05, 0.1) is 10.9 Å². The summed E-state index contributed by atoms with van der Waals surface area (Å²) < 4.78 is 0.815. The van der Waals surface area contributed by atoms with Crippen LogP contribution in [0.3, 0.4) is 0 Å². The van der Waals surface area contributed by atoms with Crippen molar-refractivity contribution in [3.8, 4) is 0 Å². The van der Waals surface area contributed by atoms with Crippen molar-refractivity contribution in [3.63, 3.8) is 0 Å². The van der Waals surface area contributed by atoms with Crippen LogP contribution < -0.4 is 0 Å². The topological polar surface area (TPSA) is 33.2 Å². The molecule has 0 saturated carbocycles. The van der Waals surface area contributed by atoms with Crippen LogP contribution in [0.4, 0.5) is 0 Å². The van der Waals surface area contributed by atoms with Gasteiger partial charge in [-0.15, -0.1) is 11.6 Å². The lowest BCUT2D eigenvalue weighted by Gasteiger charge is -2.15. The Hall–Kier alpha value is -0.610. The van der Waals surface area contributed by atoms with Crippen LogP contribution >= 0.6 is 27.5 Å². The molecule has 5 heteroatoms. The Bertz CT molecular complexity index is 385. The van der Waals surface area contributed by atoms with E-state index < -0.39 is 0 Å². The van der Waals surface area contributed by atoms with E-state index in [0.29, 0.717) is 12.1 Å². The molecule has 1 aliphatic heterocycles. The molecule has 2 heterocycles. The van der Waals surface area contributed by atoms with Crippen molar-refractivity contribution in [1.82, 2.24) is 9.88 Å². The Morgan fingerprint density at radius 2 is 2.40 bits per heavy atom. The Morgan fingerprint density at radius 3 is 3.00 bits per heavy atom. The highest BCUT2D eigenvalue weighted by Gasteiger charge is 2.25. The third-order valence-electron chi connectivity index (χ3n) is 2.37. The van der Waals surface area contributed by atoms with Gasteiger partial charge >= 0.3 is 0 Å². The lowest BCUT2D eigenvalue weighted by atomic mass is 10.2. The molecular formula is C10H10BrClN2O. The molecule has 0 radical (unpaired) electrons. The Kier molecular flexibility index (Phi) is 3.26. The van der Waals surface area contributed by atoms with Crippen LogP contribution in [0.2, 0.25) is 0 Å². The van der Waals surface area contributed by atoms with Crippen molar-refractivity contribution < 1.29 is 4.79 Å². The highest BCUT2D eigenvalue weighted by molar-refractivity contribution is 9.10. The van der Waals surface area contributed by atoms with Gasteiger partial charge in [-0.1, -0.05) is 0 Å². The number of nitrogens with zero attached hydrogens (tertiary/aromatic N) is 2. The minimum absolute atomic E-state index is 0.00644. The number of carbonyl (C=O) groups is 1. The number of likely N-dealkylation sites (tertiary alicyclic amines) is 1. The van der Waals surface area contributed by atoms with Crippen molar-refractivity contribution >= 4 is 33.4 Å². The van der Waals surface area contributed by atoms with Gasteiger partial charge in [-0.25, -0.2) is 0 Å². The lowest BCUT2D eigenvalue weighted by molar-refractivity contribution is 0.0792. The third-order valence-corrected chi connectivity index (χ3v) is 3.16. The van der Waals surface area contributed by atoms with Gasteiger partial charge in [0.1, 0.15) is 0 Å². The van der Waals surface area contributed by atoms with E-state index in [0.717, 1.165) is 17.4 Å². The van der Waals surface area contributed by atoms with E-state index in [1.54, 1.807) is 23.4 Å². The second-order valence-electron chi connectivity index (χ2n) is 3.53. The van der Waals surface area contributed by atoms with Gasteiger partial charge in [0, 0.05) is 30.0 Å². The summed E-state index contributed by atoms with van der Waals surface area (Å²) in [6.45, 7) is 1.37. The molecule has 0 aliphatic carbocycles. The average Bonchev–Trinajstić information content (AvgIpc) is 2.64. The summed E-state index contributed by atoms with van der Waals surface area (Å²) in [6.07, 6.45) is 4.11. The molecule has 0 aromatic carbocycles. The van der Waals surface area contributed by atoms with Crippen LogP contribution in [0.25, 0.3) is 0 Å². The van der Waals surface area contributed by atoms with Crippen LogP contribution in [-0.2, 0) is 0 Å². The summed E-state index contributed by atoms with van der Waals surface area (Å²) in [5, 5.41) is 0.0917. The number of halogens is 2. The van der Waals surface area contributed by atoms with E-state index >= 15 is 0 Å². The van der Waals surface area contributed by atoms with Crippen molar-refractivity contribution in [2.45, 2.75) is 11.8 Å². The Labute approximate surface area is 102 Å². The first kappa shape index (κ1) is 10.9. The Morgan fingerprint density at radius 1 is 1.60 bits per heavy atom. The molecule has 0 spiro atoms. The van der Waals surface area contributed by atoms with E-state index in [9.17, 15) is 4.79 Å². The minimum Gasteiger partial charge on any atom is -0.337 e. The molecule has 1 unspecified atom stereocenters. The fourth-order valence-corrected chi connectivity index (χ4v) is 2.24.